The molecular formula is C17H16N2OS. The Labute approximate surface area is 128 Å². The third-order valence-electron chi connectivity index (χ3n) is 3.65. The Bertz CT molecular complexity index is 724. The fourth-order valence-electron chi connectivity index (χ4n) is 2.52. The Morgan fingerprint density at radius 1 is 1.43 bits per heavy atom. The molecule has 1 aliphatic rings. The average Bonchev–Trinajstić information content (AvgIpc) is 2.95. The lowest BCUT2D eigenvalue weighted by atomic mass is 9.77. The van der Waals surface area contributed by atoms with Gasteiger partial charge in [0.1, 0.15) is 0 Å². The van der Waals surface area contributed by atoms with Crippen LogP contribution in [0.1, 0.15) is 32.3 Å². The number of amides is 1. The van der Waals surface area contributed by atoms with Crippen LogP contribution in [0, 0.1) is 11.8 Å². The van der Waals surface area contributed by atoms with Crippen molar-refractivity contribution in [2.75, 3.05) is 13.1 Å². The van der Waals surface area contributed by atoms with Crippen LogP contribution in [0.2, 0.25) is 0 Å². The number of carbonyl (C=O) groups excluding carboxylic acids is 1. The van der Waals surface area contributed by atoms with E-state index in [1.165, 1.54) is 22.5 Å². The Balaban J connectivity index is 1.57. The molecule has 0 bridgehead atoms. The lowest BCUT2D eigenvalue weighted by molar-refractivity contribution is 0.0950. The van der Waals surface area contributed by atoms with Gasteiger partial charge in [-0.25, -0.2) is 0 Å². The first-order valence-electron chi connectivity index (χ1n) is 6.91. The number of nitrogens with two attached hydrogens (primary N) is 1. The van der Waals surface area contributed by atoms with Crippen molar-refractivity contribution >= 4 is 17.2 Å². The quantitative estimate of drug-likeness (QED) is 0.853. The number of benzene rings is 1. The molecule has 1 aliphatic carbocycles. The van der Waals surface area contributed by atoms with Gasteiger partial charge in [-0.2, -0.15) is 0 Å². The van der Waals surface area contributed by atoms with Gasteiger partial charge in [0.15, 0.2) is 0 Å². The largest absolute Gasteiger partial charge is 0.351 e. The third-order valence-corrected chi connectivity index (χ3v) is 4.49. The van der Waals surface area contributed by atoms with Gasteiger partial charge in [-0.1, -0.05) is 36.1 Å². The monoisotopic (exact) mass is 296 g/mol. The predicted molar refractivity (Wildman–Crippen MR) is 85.5 cm³/mol. The fraction of sp³-hybridized carbons (Fsp3) is 0.235. The summed E-state index contributed by atoms with van der Waals surface area (Å²) in [5.41, 5.74) is 8.77. The Morgan fingerprint density at radius 3 is 3.10 bits per heavy atom. The highest BCUT2D eigenvalue weighted by Gasteiger charge is 2.25. The maximum Gasteiger partial charge on any atom is 0.252 e. The Kier molecular flexibility index (Phi) is 4.05. The highest BCUT2D eigenvalue weighted by atomic mass is 32.1. The summed E-state index contributed by atoms with van der Waals surface area (Å²) in [5, 5.41) is 4.84. The second-order valence-corrected chi connectivity index (χ2v) is 5.93. The van der Waals surface area contributed by atoms with Crippen molar-refractivity contribution in [1.82, 2.24) is 5.32 Å². The molecule has 106 valence electrons. The van der Waals surface area contributed by atoms with Crippen LogP contribution in [-0.4, -0.2) is 19.0 Å². The van der Waals surface area contributed by atoms with Crippen LogP contribution in [0.5, 0.6) is 0 Å². The number of hydrogen-bond donors (Lipinski definition) is 2. The maximum atomic E-state index is 12.1. The molecule has 0 spiro atoms. The molecule has 0 saturated heterocycles. The molecule has 21 heavy (non-hydrogen) atoms. The highest BCUT2D eigenvalue weighted by Crippen LogP contribution is 2.34. The van der Waals surface area contributed by atoms with E-state index in [1.54, 1.807) is 0 Å². The van der Waals surface area contributed by atoms with Crippen LogP contribution in [0.25, 0.3) is 0 Å². The normalized spacial score (nSPS) is 15.4. The van der Waals surface area contributed by atoms with Gasteiger partial charge in [-0.3, -0.25) is 4.79 Å². The second kappa shape index (κ2) is 6.13. The fourth-order valence-corrected chi connectivity index (χ4v) is 3.28. The maximum absolute atomic E-state index is 12.1. The summed E-state index contributed by atoms with van der Waals surface area (Å²) in [7, 11) is 0. The van der Waals surface area contributed by atoms with Gasteiger partial charge in [0.2, 0.25) is 0 Å². The molecule has 0 aliphatic heterocycles. The average molecular weight is 296 g/mol. The molecular weight excluding hydrogens is 280 g/mol. The van der Waals surface area contributed by atoms with Gasteiger partial charge in [0.25, 0.3) is 5.91 Å². The van der Waals surface area contributed by atoms with Crippen LogP contribution in [0.3, 0.4) is 0 Å². The van der Waals surface area contributed by atoms with Crippen molar-refractivity contribution in [1.29, 1.82) is 0 Å². The van der Waals surface area contributed by atoms with Gasteiger partial charge in [-0.15, -0.1) is 11.3 Å². The molecule has 1 aromatic carbocycles. The molecule has 1 atom stereocenters. The van der Waals surface area contributed by atoms with E-state index in [0.717, 1.165) is 11.3 Å². The summed E-state index contributed by atoms with van der Waals surface area (Å²) in [5.74, 6) is 6.15. The van der Waals surface area contributed by atoms with Gasteiger partial charge in [-0.05, 0) is 23.6 Å². The first-order valence-corrected chi connectivity index (χ1v) is 7.79. The van der Waals surface area contributed by atoms with Crippen LogP contribution in [-0.2, 0) is 6.42 Å². The topological polar surface area (TPSA) is 55.1 Å². The van der Waals surface area contributed by atoms with Crippen LogP contribution in [0.15, 0.2) is 35.7 Å². The van der Waals surface area contributed by atoms with Crippen molar-refractivity contribution in [3.8, 4) is 11.8 Å². The van der Waals surface area contributed by atoms with Crippen LogP contribution in [0.4, 0.5) is 0 Å². The standard InChI is InChI=1S/C17H16N2OS/c18-7-3-5-15-9-14(11-21-15)17(20)19-10-13-8-12-4-1-2-6-16(12)13/h1-2,4,6,9,11,13H,7-8,10,18H2,(H,19,20). The van der Waals surface area contributed by atoms with Gasteiger partial charge in [0.05, 0.1) is 17.0 Å². The molecule has 3 rings (SSSR count). The SMILES string of the molecule is NCC#Cc1cc(C(=O)NCC2Cc3ccccc32)cs1. The minimum atomic E-state index is -0.0311. The Hall–Kier alpha value is -2.09. The number of rotatable bonds is 3. The number of thiophene rings is 1. The van der Waals surface area contributed by atoms with Crippen LogP contribution < -0.4 is 11.1 Å². The minimum absolute atomic E-state index is 0.0311. The number of nitrogens with one attached hydrogen (secondary N) is 1. The lowest BCUT2D eigenvalue weighted by Crippen LogP contribution is -2.32. The lowest BCUT2D eigenvalue weighted by Gasteiger charge is -2.30. The third kappa shape index (κ3) is 2.99. The first-order chi connectivity index (χ1) is 10.3. The predicted octanol–water partition coefficient (Wildman–Crippen LogP) is 2.13. The molecule has 1 aromatic heterocycles. The van der Waals surface area contributed by atoms with E-state index < -0.39 is 0 Å². The van der Waals surface area contributed by atoms with Gasteiger partial charge < -0.3 is 11.1 Å². The molecule has 0 saturated carbocycles. The second-order valence-electron chi connectivity index (χ2n) is 5.02. The van der Waals surface area contributed by atoms with Crippen LogP contribution >= 0.6 is 11.3 Å². The number of fused-ring (bicyclic) bond motifs is 1. The zero-order valence-electron chi connectivity index (χ0n) is 11.6. The molecule has 1 amide bonds. The molecule has 0 radical (unpaired) electrons. The summed E-state index contributed by atoms with van der Waals surface area (Å²) < 4.78 is 0. The molecule has 3 N–H and O–H groups in total. The zero-order valence-corrected chi connectivity index (χ0v) is 12.4. The van der Waals surface area contributed by atoms with Crippen molar-refractivity contribution in [3.05, 3.63) is 57.3 Å². The molecule has 3 nitrogen and oxygen atoms in total. The highest BCUT2D eigenvalue weighted by molar-refractivity contribution is 7.10. The minimum Gasteiger partial charge on any atom is -0.351 e. The number of hydrogen-bond acceptors (Lipinski definition) is 3. The summed E-state index contributed by atoms with van der Waals surface area (Å²) >= 11 is 1.47. The summed E-state index contributed by atoms with van der Waals surface area (Å²) in [6.45, 7) is 1.02. The Morgan fingerprint density at radius 2 is 2.29 bits per heavy atom. The van der Waals surface area contributed by atoms with E-state index in [2.05, 4.69) is 35.4 Å². The van der Waals surface area contributed by atoms with E-state index in [1.807, 2.05) is 17.5 Å². The molecule has 2 aromatic rings. The zero-order chi connectivity index (χ0) is 14.7. The summed E-state index contributed by atoms with van der Waals surface area (Å²) in [6.07, 6.45) is 1.05. The van der Waals surface area contributed by atoms with Crippen molar-refractivity contribution < 1.29 is 4.79 Å². The smallest absolute Gasteiger partial charge is 0.252 e. The van der Waals surface area contributed by atoms with E-state index in [-0.39, 0.29) is 5.91 Å². The number of carbonyl (C=O) groups is 1. The van der Waals surface area contributed by atoms with E-state index in [4.69, 9.17) is 5.73 Å². The van der Waals surface area contributed by atoms with E-state index in [0.29, 0.717) is 24.6 Å². The first kappa shape index (κ1) is 13.9. The van der Waals surface area contributed by atoms with Crippen molar-refractivity contribution in [2.45, 2.75) is 12.3 Å². The summed E-state index contributed by atoms with van der Waals surface area (Å²) in [6, 6.07) is 10.2. The van der Waals surface area contributed by atoms with E-state index in [9.17, 15) is 4.79 Å². The van der Waals surface area contributed by atoms with Crippen molar-refractivity contribution in [2.24, 2.45) is 5.73 Å². The van der Waals surface area contributed by atoms with Gasteiger partial charge >= 0.3 is 0 Å². The molecule has 0 fully saturated rings. The molecule has 1 heterocycles. The van der Waals surface area contributed by atoms with Gasteiger partial charge in [0, 0.05) is 17.8 Å². The van der Waals surface area contributed by atoms with Crippen molar-refractivity contribution in [3.63, 3.8) is 0 Å². The molecule has 4 heteroatoms. The summed E-state index contributed by atoms with van der Waals surface area (Å²) in [4.78, 5) is 13.0. The van der Waals surface area contributed by atoms with E-state index >= 15 is 0 Å². The molecule has 1 unspecified atom stereocenters.